The molecule has 0 nitrogen and oxygen atoms in total. The minimum Gasteiger partial charge on any atom is -1.00 e. The van der Waals surface area contributed by atoms with Crippen molar-refractivity contribution in [3.63, 3.8) is 0 Å². The molecular formula is C54H54Cl2Hf2Si2. The van der Waals surface area contributed by atoms with Gasteiger partial charge < -0.3 is 24.8 Å². The monoisotopic (exact) mass is 1190 g/mol. The van der Waals surface area contributed by atoms with Crippen molar-refractivity contribution in [2.45, 2.75) is 55.5 Å². The van der Waals surface area contributed by atoms with Crippen molar-refractivity contribution in [3.8, 4) is 0 Å². The number of fused-ring (bicyclic) bond motifs is 4. The summed E-state index contributed by atoms with van der Waals surface area (Å²) in [7, 11) is 0. The minimum atomic E-state index is -2.24. The van der Waals surface area contributed by atoms with Gasteiger partial charge in [-0.25, -0.2) is 0 Å². The van der Waals surface area contributed by atoms with Crippen LogP contribution >= 0.6 is 0 Å². The van der Waals surface area contributed by atoms with E-state index in [1.807, 2.05) is 0 Å². The third-order valence-electron chi connectivity index (χ3n) is 13.5. The van der Waals surface area contributed by atoms with Crippen LogP contribution in [0, 0.1) is 0 Å². The van der Waals surface area contributed by atoms with Gasteiger partial charge in [0.15, 0.2) is 0 Å². The summed E-state index contributed by atoms with van der Waals surface area (Å²) in [6.07, 6.45) is 9.93. The summed E-state index contributed by atoms with van der Waals surface area (Å²) in [5, 5.41) is 3.34. The van der Waals surface area contributed by atoms with Gasteiger partial charge in [0.2, 0.25) is 0 Å². The number of halogens is 2. The first-order valence-electron chi connectivity index (χ1n) is 21.2. The Labute approximate surface area is 388 Å². The van der Waals surface area contributed by atoms with Crippen LogP contribution in [-0.2, 0) is 41.2 Å². The second-order valence-electron chi connectivity index (χ2n) is 17.1. The molecule has 6 heteroatoms. The average molecular weight is 1190 g/mol. The van der Waals surface area contributed by atoms with E-state index in [9.17, 15) is 0 Å². The van der Waals surface area contributed by atoms with E-state index in [4.69, 9.17) is 0 Å². The molecule has 6 unspecified atom stereocenters. The Balaban J connectivity index is 0.000000176. The summed E-state index contributed by atoms with van der Waals surface area (Å²) in [6.45, 7) is 14.9. The molecule has 0 saturated heterocycles. The first-order valence-corrected chi connectivity index (χ1v) is 46.6. The van der Waals surface area contributed by atoms with E-state index in [2.05, 4.69) is 223 Å². The standard InChI is InChI=1S/4C10H9.2C7H9Si.2ClH.2Hf/c4*1-8-6-9-4-2-3-5-10(9)7-8;2*1-8-7-5-3-2-4-6-7;;;;/h4*2-7H,1H3;2*2-6,8H,1H3;2*1H;;/q;;;;;;;;2*+1/p-2. The molecule has 4 aliphatic carbocycles. The predicted molar refractivity (Wildman–Crippen MR) is 250 cm³/mol. The van der Waals surface area contributed by atoms with Crippen molar-refractivity contribution in [2.75, 3.05) is 0 Å². The van der Waals surface area contributed by atoms with Crippen LogP contribution in [0.1, 0.15) is 86.9 Å². The molecule has 0 aliphatic heterocycles. The second-order valence-corrected chi connectivity index (χ2v) is 66.4. The van der Waals surface area contributed by atoms with Crippen molar-refractivity contribution in [1.29, 1.82) is 0 Å². The van der Waals surface area contributed by atoms with Gasteiger partial charge in [-0.1, -0.05) is 0 Å². The maximum absolute atomic E-state index is 2.67. The Morgan fingerprint density at radius 1 is 0.317 bits per heavy atom. The molecule has 300 valence electrons. The molecule has 6 aromatic rings. The fraction of sp³-hybridized carbons (Fsp3) is 0.185. The maximum Gasteiger partial charge on any atom is -1.00 e. The average Bonchev–Trinajstić information content (AvgIpc) is 3.98. The number of hydrogen-bond acceptors (Lipinski definition) is 0. The zero-order valence-corrected chi connectivity index (χ0v) is 46.5. The van der Waals surface area contributed by atoms with Crippen LogP contribution in [-0.4, -0.2) is 12.0 Å². The van der Waals surface area contributed by atoms with Gasteiger partial charge >= 0.3 is 368 Å². The van der Waals surface area contributed by atoms with E-state index in [-0.39, 0.29) is 24.8 Å². The molecule has 0 radical (unpaired) electrons. The molecule has 0 amide bonds. The fourth-order valence-corrected chi connectivity index (χ4v) is 83.8. The van der Waals surface area contributed by atoms with Crippen molar-refractivity contribution in [2.24, 2.45) is 0 Å². The van der Waals surface area contributed by atoms with Gasteiger partial charge in [-0.05, 0) is 0 Å². The molecule has 0 heterocycles. The largest absolute Gasteiger partial charge is 1.00 e. The quantitative estimate of drug-likeness (QED) is 0.156. The second kappa shape index (κ2) is 19.6. The predicted octanol–water partition coefficient (Wildman–Crippen LogP) is 6.37. The van der Waals surface area contributed by atoms with E-state index in [0.717, 1.165) is 14.7 Å². The summed E-state index contributed by atoms with van der Waals surface area (Å²) >= 11 is -4.49. The van der Waals surface area contributed by atoms with Crippen LogP contribution in [0.5, 0.6) is 0 Å². The van der Waals surface area contributed by atoms with Crippen molar-refractivity contribution in [1.82, 2.24) is 0 Å². The van der Waals surface area contributed by atoms with Gasteiger partial charge in [-0.3, -0.25) is 0 Å². The third-order valence-corrected chi connectivity index (χ3v) is 78.5. The Hall–Kier alpha value is -2.97. The summed E-state index contributed by atoms with van der Waals surface area (Å²) in [5.74, 6) is -2.09. The summed E-state index contributed by atoms with van der Waals surface area (Å²) in [6, 6.07) is 59.8. The van der Waals surface area contributed by atoms with Gasteiger partial charge in [-0.15, -0.1) is 0 Å². The third kappa shape index (κ3) is 8.56. The molecule has 0 aromatic heterocycles. The molecule has 0 fully saturated rings. The summed E-state index contributed by atoms with van der Waals surface area (Å²) in [5.41, 5.74) is 18.9. The van der Waals surface area contributed by atoms with Crippen molar-refractivity contribution < 1.29 is 66.0 Å². The Morgan fingerprint density at radius 3 is 0.783 bits per heavy atom. The first-order chi connectivity index (χ1) is 28.3. The zero-order chi connectivity index (χ0) is 39.9. The maximum atomic E-state index is 2.67. The van der Waals surface area contributed by atoms with Crippen LogP contribution in [0.4, 0.5) is 0 Å². The van der Waals surface area contributed by atoms with Gasteiger partial charge in [-0.2, -0.15) is 0 Å². The van der Waals surface area contributed by atoms with Crippen molar-refractivity contribution >= 4 is 46.6 Å². The van der Waals surface area contributed by atoms with E-state index in [1.54, 1.807) is 54.9 Å². The zero-order valence-electron chi connectivity index (χ0n) is 35.5. The van der Waals surface area contributed by atoms with Crippen LogP contribution in [0.3, 0.4) is 0 Å². The van der Waals surface area contributed by atoms with Gasteiger partial charge in [0.25, 0.3) is 0 Å². The van der Waals surface area contributed by atoms with Gasteiger partial charge in [0.05, 0.1) is 0 Å². The van der Waals surface area contributed by atoms with E-state index in [1.165, 1.54) is 22.3 Å². The van der Waals surface area contributed by atoms with Crippen LogP contribution in [0.25, 0.3) is 24.3 Å². The molecule has 0 bridgehead atoms. The van der Waals surface area contributed by atoms with Crippen molar-refractivity contribution in [3.05, 3.63) is 225 Å². The topological polar surface area (TPSA) is 0 Å². The molecule has 4 aliphatic rings. The smallest absolute Gasteiger partial charge is 1.00 e. The minimum absolute atomic E-state index is 0. The normalized spacial score (nSPS) is 19.8. The molecule has 0 saturated carbocycles. The van der Waals surface area contributed by atoms with E-state index in [0.29, 0.717) is 0 Å². The molecule has 10 rings (SSSR count). The SMILES string of the molecule is CC1=Cc2ccccc2[CH]1[Hf+]([CH]1C(C)=Cc2ccccc21)[SiH](C)c1ccccc1.CC1=Cc2ccccc2[CH]1[Hf+]([CH]1C(C)=Cc2ccccc21)[SiH](C)c1ccccc1.[Cl-].[Cl-]. The molecule has 0 N–H and O–H groups in total. The van der Waals surface area contributed by atoms with Gasteiger partial charge in [0.1, 0.15) is 0 Å². The molecule has 0 spiro atoms. The Kier molecular flexibility index (Phi) is 14.7. The molecule has 60 heavy (non-hydrogen) atoms. The molecule has 6 aromatic carbocycles. The Morgan fingerprint density at radius 2 is 0.533 bits per heavy atom. The fourth-order valence-electron chi connectivity index (χ4n) is 10.9. The van der Waals surface area contributed by atoms with Crippen LogP contribution in [0.15, 0.2) is 180 Å². The number of rotatable bonds is 8. The van der Waals surface area contributed by atoms with Crippen LogP contribution in [0.2, 0.25) is 13.1 Å². The summed E-state index contributed by atoms with van der Waals surface area (Å²) in [4.78, 5) is 0. The van der Waals surface area contributed by atoms with E-state index >= 15 is 0 Å². The van der Waals surface area contributed by atoms with Gasteiger partial charge in [0, 0.05) is 0 Å². The van der Waals surface area contributed by atoms with E-state index < -0.39 is 53.2 Å². The molecular weight excluding hydrogens is 1130 g/mol. The number of allylic oxidation sites excluding steroid dienone is 4. The molecule has 6 atom stereocenters. The summed E-state index contributed by atoms with van der Waals surface area (Å²) < 4.78 is 2.88. The number of benzene rings is 6. The van der Waals surface area contributed by atoms with Crippen LogP contribution < -0.4 is 35.2 Å². The number of hydrogen-bond donors (Lipinski definition) is 0. The first kappa shape index (κ1) is 45.1. The Bertz CT molecular complexity index is 2280.